The van der Waals surface area contributed by atoms with Crippen molar-refractivity contribution in [3.05, 3.63) is 51.2 Å². The molecule has 2 fully saturated rings. The summed E-state index contributed by atoms with van der Waals surface area (Å²) in [6.07, 6.45) is 2.31. The Hall–Kier alpha value is -1.60. The van der Waals surface area contributed by atoms with E-state index in [4.69, 9.17) is 21.1 Å². The van der Waals surface area contributed by atoms with Gasteiger partial charge in [0.15, 0.2) is 0 Å². The zero-order valence-electron chi connectivity index (χ0n) is 15.8. The summed E-state index contributed by atoms with van der Waals surface area (Å²) in [5.74, 6) is 0.802. The maximum absolute atomic E-state index is 12.9. The summed E-state index contributed by atoms with van der Waals surface area (Å²) in [6.45, 7) is 5.47. The van der Waals surface area contributed by atoms with Gasteiger partial charge in [0.25, 0.3) is 5.91 Å². The summed E-state index contributed by atoms with van der Waals surface area (Å²) in [7, 11) is 0. The molecule has 5 nitrogen and oxygen atoms in total. The van der Waals surface area contributed by atoms with E-state index in [-0.39, 0.29) is 12.0 Å². The zero-order chi connectivity index (χ0) is 19.3. The topological polar surface area (TPSA) is 42.0 Å². The Morgan fingerprint density at radius 1 is 1.21 bits per heavy atom. The van der Waals surface area contributed by atoms with Crippen LogP contribution < -0.4 is 4.74 Å². The normalized spacial score (nSPS) is 20.5. The number of halogens is 1. The van der Waals surface area contributed by atoms with Crippen LogP contribution in [0.5, 0.6) is 5.75 Å². The Morgan fingerprint density at radius 3 is 2.79 bits per heavy atom. The molecule has 2 aromatic rings. The molecule has 1 atom stereocenters. The lowest BCUT2D eigenvalue weighted by Gasteiger charge is -2.34. The minimum absolute atomic E-state index is 0.0707. The summed E-state index contributed by atoms with van der Waals surface area (Å²) < 4.78 is 12.3. The van der Waals surface area contributed by atoms with Crippen molar-refractivity contribution < 1.29 is 14.3 Å². The van der Waals surface area contributed by atoms with Crippen LogP contribution in [0.1, 0.15) is 28.1 Å². The molecule has 0 bridgehead atoms. The van der Waals surface area contributed by atoms with E-state index in [1.165, 1.54) is 4.88 Å². The number of carbonyl (C=O) groups is 1. The Morgan fingerprint density at radius 2 is 2.07 bits per heavy atom. The largest absolute Gasteiger partial charge is 0.491 e. The molecule has 1 aromatic heterocycles. The summed E-state index contributed by atoms with van der Waals surface area (Å²) in [6, 6.07) is 11.5. The first-order valence-electron chi connectivity index (χ1n) is 9.78. The molecule has 2 aliphatic rings. The average molecular weight is 421 g/mol. The molecule has 0 aliphatic carbocycles. The van der Waals surface area contributed by atoms with Crippen LogP contribution in [-0.4, -0.2) is 61.2 Å². The van der Waals surface area contributed by atoms with Gasteiger partial charge in [0.1, 0.15) is 12.4 Å². The van der Waals surface area contributed by atoms with Crippen molar-refractivity contribution in [3.63, 3.8) is 0 Å². The lowest BCUT2D eigenvalue weighted by atomic mass is 10.1. The fourth-order valence-corrected chi connectivity index (χ4v) is 4.76. The van der Waals surface area contributed by atoms with Gasteiger partial charge in [-0.1, -0.05) is 17.7 Å². The van der Waals surface area contributed by atoms with E-state index < -0.39 is 0 Å². The zero-order valence-corrected chi connectivity index (χ0v) is 17.4. The van der Waals surface area contributed by atoms with Gasteiger partial charge in [-0.25, -0.2) is 0 Å². The Labute approximate surface area is 174 Å². The summed E-state index contributed by atoms with van der Waals surface area (Å²) in [4.78, 5) is 18.5. The predicted octanol–water partition coefficient (Wildman–Crippen LogP) is 3.92. The average Bonchev–Trinajstić information content (AvgIpc) is 3.38. The molecule has 2 aliphatic heterocycles. The maximum Gasteiger partial charge on any atom is 0.254 e. The van der Waals surface area contributed by atoms with Crippen molar-refractivity contribution in [3.8, 4) is 5.75 Å². The lowest BCUT2D eigenvalue weighted by Crippen LogP contribution is -2.48. The molecule has 1 amide bonds. The quantitative estimate of drug-likeness (QED) is 0.710. The summed E-state index contributed by atoms with van der Waals surface area (Å²) in [5.41, 5.74) is 0.684. The molecule has 1 aromatic carbocycles. The highest BCUT2D eigenvalue weighted by molar-refractivity contribution is 7.16. The standard InChI is InChI=1S/C21H25ClN2O3S/c22-20-7-6-19(28-20)14-23-8-10-24(11-9-23)21(25)16-3-1-4-17(13-16)27-15-18-5-2-12-26-18/h1,3-4,6-7,13,18H,2,5,8-12,14-15H2/t18-/m1/s1. The van der Waals surface area contributed by atoms with Crippen molar-refractivity contribution in [1.29, 1.82) is 0 Å². The number of hydrogen-bond acceptors (Lipinski definition) is 5. The molecule has 28 heavy (non-hydrogen) atoms. The molecule has 7 heteroatoms. The van der Waals surface area contributed by atoms with Crippen LogP contribution in [0, 0.1) is 0 Å². The molecule has 150 valence electrons. The molecule has 0 unspecified atom stereocenters. The second kappa shape index (κ2) is 9.27. The van der Waals surface area contributed by atoms with Gasteiger partial charge in [-0.3, -0.25) is 9.69 Å². The van der Waals surface area contributed by atoms with E-state index in [0.29, 0.717) is 12.2 Å². The number of rotatable bonds is 6. The molecule has 0 radical (unpaired) electrons. The van der Waals surface area contributed by atoms with E-state index in [9.17, 15) is 4.79 Å². The van der Waals surface area contributed by atoms with Gasteiger partial charge < -0.3 is 14.4 Å². The summed E-state index contributed by atoms with van der Waals surface area (Å²) >= 11 is 7.63. The van der Waals surface area contributed by atoms with E-state index in [1.807, 2.05) is 35.2 Å². The minimum atomic E-state index is 0.0707. The number of piperazine rings is 1. The SMILES string of the molecule is O=C(c1cccc(OC[C@H]2CCCO2)c1)N1CCN(Cc2ccc(Cl)s2)CC1. The van der Waals surface area contributed by atoms with Gasteiger partial charge >= 0.3 is 0 Å². The molecule has 0 N–H and O–H groups in total. The van der Waals surface area contributed by atoms with Crippen LogP contribution in [0.3, 0.4) is 0 Å². The van der Waals surface area contributed by atoms with Crippen LogP contribution in [-0.2, 0) is 11.3 Å². The molecule has 3 heterocycles. The van der Waals surface area contributed by atoms with Gasteiger partial charge in [0.2, 0.25) is 0 Å². The molecule has 0 saturated carbocycles. The van der Waals surface area contributed by atoms with Crippen LogP contribution in [0.4, 0.5) is 0 Å². The van der Waals surface area contributed by atoms with Crippen molar-refractivity contribution >= 4 is 28.8 Å². The fraction of sp³-hybridized carbons (Fsp3) is 0.476. The van der Waals surface area contributed by atoms with E-state index in [2.05, 4.69) is 11.0 Å². The van der Waals surface area contributed by atoms with Gasteiger partial charge in [-0.2, -0.15) is 0 Å². The van der Waals surface area contributed by atoms with Gasteiger partial charge in [0, 0.05) is 49.8 Å². The number of nitrogens with zero attached hydrogens (tertiary/aromatic N) is 2. The molecular formula is C21H25ClN2O3S. The third-order valence-corrected chi connectivity index (χ3v) is 6.42. The highest BCUT2D eigenvalue weighted by Crippen LogP contribution is 2.23. The van der Waals surface area contributed by atoms with Gasteiger partial charge in [0.05, 0.1) is 10.4 Å². The van der Waals surface area contributed by atoms with Gasteiger partial charge in [-0.05, 0) is 43.2 Å². The van der Waals surface area contributed by atoms with Crippen molar-refractivity contribution in [1.82, 2.24) is 9.80 Å². The number of hydrogen-bond donors (Lipinski definition) is 0. The third-order valence-electron chi connectivity index (χ3n) is 5.21. The Kier molecular flexibility index (Phi) is 6.52. The minimum Gasteiger partial charge on any atom is -0.491 e. The van der Waals surface area contributed by atoms with Crippen LogP contribution in [0.25, 0.3) is 0 Å². The maximum atomic E-state index is 12.9. The Balaban J connectivity index is 1.29. The fourth-order valence-electron chi connectivity index (χ4n) is 3.63. The first kappa shape index (κ1) is 19.7. The number of ether oxygens (including phenoxy) is 2. The van der Waals surface area contributed by atoms with Gasteiger partial charge in [-0.15, -0.1) is 11.3 Å². The second-order valence-electron chi connectivity index (χ2n) is 7.25. The highest BCUT2D eigenvalue weighted by Gasteiger charge is 2.23. The van der Waals surface area contributed by atoms with E-state index >= 15 is 0 Å². The summed E-state index contributed by atoms with van der Waals surface area (Å²) in [5, 5.41) is 0. The number of thiophene rings is 1. The molecular weight excluding hydrogens is 396 g/mol. The number of carbonyl (C=O) groups excluding carboxylic acids is 1. The lowest BCUT2D eigenvalue weighted by molar-refractivity contribution is 0.0626. The second-order valence-corrected chi connectivity index (χ2v) is 9.05. The van der Waals surface area contributed by atoms with E-state index in [0.717, 1.165) is 62.3 Å². The van der Waals surface area contributed by atoms with Crippen LogP contribution in [0.15, 0.2) is 36.4 Å². The van der Waals surface area contributed by atoms with Crippen molar-refractivity contribution in [2.75, 3.05) is 39.4 Å². The number of amides is 1. The van der Waals surface area contributed by atoms with Crippen LogP contribution >= 0.6 is 22.9 Å². The smallest absolute Gasteiger partial charge is 0.254 e. The molecule has 0 spiro atoms. The first-order chi connectivity index (χ1) is 13.7. The number of benzene rings is 1. The predicted molar refractivity (Wildman–Crippen MR) is 111 cm³/mol. The van der Waals surface area contributed by atoms with E-state index in [1.54, 1.807) is 11.3 Å². The van der Waals surface area contributed by atoms with Crippen LogP contribution in [0.2, 0.25) is 4.34 Å². The third kappa shape index (κ3) is 5.06. The van der Waals surface area contributed by atoms with Crippen molar-refractivity contribution in [2.45, 2.75) is 25.5 Å². The highest BCUT2D eigenvalue weighted by atomic mass is 35.5. The van der Waals surface area contributed by atoms with Crippen molar-refractivity contribution in [2.24, 2.45) is 0 Å². The first-order valence-corrected chi connectivity index (χ1v) is 11.0. The molecule has 2 saturated heterocycles. The monoisotopic (exact) mass is 420 g/mol. The Bertz CT molecular complexity index is 798. The molecule has 4 rings (SSSR count).